The largest absolute Gasteiger partial charge is 0.549 e. The summed E-state index contributed by atoms with van der Waals surface area (Å²) < 4.78 is 6.82. The molecule has 3 heteroatoms. The second kappa shape index (κ2) is 9.74. The van der Waals surface area contributed by atoms with Crippen molar-refractivity contribution in [2.45, 2.75) is 125 Å². The van der Waals surface area contributed by atoms with Gasteiger partial charge in [-0.2, -0.15) is 0 Å². The van der Waals surface area contributed by atoms with Gasteiger partial charge in [-0.15, -0.1) is 0 Å². The Bertz CT molecular complexity index is 913. The molecule has 4 aliphatic carbocycles. The quantitative estimate of drug-likeness (QED) is 0.345. The number of hydrogen-bond donors (Lipinski definition) is 1. The monoisotopic (exact) mass is 512 g/mol. The molecule has 0 bridgehead atoms. The van der Waals surface area contributed by atoms with Crippen molar-refractivity contribution in [2.75, 3.05) is 0 Å². The Hall–Kier alpha value is -0.803. The topological polar surface area (TPSA) is 29.5 Å². The fraction of sp³-hybridized carbons (Fsp3) is 0.818. The summed E-state index contributed by atoms with van der Waals surface area (Å²) in [5, 5.41) is 10.2. The standard InChI is InChI=1S/C33H56O2Si/c1-22(12-11-18-31(5,6)34)26-15-16-27-25-14-13-23-20-24(30(2,3)4)21-29(35-36(9)10)33(23,8)28(25)17-19-32(26,27)7/h13-14,21-22,24,26-28,34,36H,11-12,15-20H2,1-10H3/t22-,24+,26+,27-,28-,32+,33-/m0/s1. The molecule has 36 heavy (non-hydrogen) atoms. The molecule has 1 N–H and O–H groups in total. The number of aliphatic hydroxyl groups is 1. The highest BCUT2D eigenvalue weighted by Crippen LogP contribution is 2.67. The van der Waals surface area contributed by atoms with Crippen molar-refractivity contribution in [3.05, 3.63) is 35.1 Å². The first-order chi connectivity index (χ1) is 16.6. The van der Waals surface area contributed by atoms with E-state index in [1.54, 1.807) is 11.1 Å². The summed E-state index contributed by atoms with van der Waals surface area (Å²) in [6.07, 6.45) is 17.5. The van der Waals surface area contributed by atoms with Gasteiger partial charge in [0.15, 0.2) is 0 Å². The van der Waals surface area contributed by atoms with Crippen LogP contribution < -0.4 is 0 Å². The second-order valence-corrected chi connectivity index (χ2v) is 17.8. The Morgan fingerprint density at radius 1 is 1.06 bits per heavy atom. The lowest BCUT2D eigenvalue weighted by Crippen LogP contribution is -2.47. The zero-order chi connectivity index (χ0) is 26.7. The van der Waals surface area contributed by atoms with Gasteiger partial charge in [0.1, 0.15) is 0 Å². The second-order valence-electron chi connectivity index (χ2n) is 15.5. The van der Waals surface area contributed by atoms with Gasteiger partial charge in [0, 0.05) is 0 Å². The maximum absolute atomic E-state index is 10.2. The van der Waals surface area contributed by atoms with Crippen LogP contribution in [0.15, 0.2) is 35.1 Å². The summed E-state index contributed by atoms with van der Waals surface area (Å²) in [7, 11) is -1.20. The van der Waals surface area contributed by atoms with Gasteiger partial charge in [0.25, 0.3) is 0 Å². The van der Waals surface area contributed by atoms with Crippen molar-refractivity contribution in [3.8, 4) is 0 Å². The third kappa shape index (κ3) is 5.09. The summed E-state index contributed by atoms with van der Waals surface area (Å²) in [5.74, 6) is 4.71. The summed E-state index contributed by atoms with van der Waals surface area (Å²) >= 11 is 0. The van der Waals surface area contributed by atoms with Crippen molar-refractivity contribution < 1.29 is 9.53 Å². The van der Waals surface area contributed by atoms with E-state index in [1.165, 1.54) is 44.3 Å². The van der Waals surface area contributed by atoms with Gasteiger partial charge in [-0.25, -0.2) is 0 Å². The first-order valence-electron chi connectivity index (χ1n) is 15.1. The van der Waals surface area contributed by atoms with Gasteiger partial charge in [0.05, 0.1) is 16.8 Å². The predicted octanol–water partition coefficient (Wildman–Crippen LogP) is 8.83. The highest BCUT2D eigenvalue weighted by Gasteiger charge is 2.58. The maximum Gasteiger partial charge on any atom is 0.229 e. The molecule has 2 fully saturated rings. The lowest BCUT2D eigenvalue weighted by Gasteiger charge is -2.56. The van der Waals surface area contributed by atoms with Crippen molar-refractivity contribution in [1.82, 2.24) is 0 Å². The van der Waals surface area contributed by atoms with Crippen LogP contribution in [-0.2, 0) is 4.43 Å². The Kier molecular flexibility index (Phi) is 7.63. The summed E-state index contributed by atoms with van der Waals surface area (Å²) in [5.41, 5.74) is 3.55. The van der Waals surface area contributed by atoms with Gasteiger partial charge in [-0.3, -0.25) is 0 Å². The van der Waals surface area contributed by atoms with Crippen LogP contribution in [0.5, 0.6) is 0 Å². The molecule has 0 amide bonds. The number of fused-ring (bicyclic) bond motifs is 5. The minimum Gasteiger partial charge on any atom is -0.549 e. The fourth-order valence-electron chi connectivity index (χ4n) is 8.71. The van der Waals surface area contributed by atoms with Crippen LogP contribution in [0.4, 0.5) is 0 Å². The van der Waals surface area contributed by atoms with Crippen LogP contribution in [0, 0.1) is 45.8 Å². The highest BCUT2D eigenvalue weighted by atomic mass is 28.3. The van der Waals surface area contributed by atoms with E-state index in [4.69, 9.17) is 4.43 Å². The molecule has 0 aromatic rings. The van der Waals surface area contributed by atoms with E-state index in [-0.39, 0.29) is 10.8 Å². The zero-order valence-electron chi connectivity index (χ0n) is 25.2. The van der Waals surface area contributed by atoms with Gasteiger partial charge < -0.3 is 9.53 Å². The van der Waals surface area contributed by atoms with Gasteiger partial charge in [0.2, 0.25) is 9.04 Å². The Morgan fingerprint density at radius 2 is 1.75 bits per heavy atom. The van der Waals surface area contributed by atoms with E-state index < -0.39 is 14.6 Å². The molecular weight excluding hydrogens is 456 g/mol. The van der Waals surface area contributed by atoms with Crippen LogP contribution in [0.1, 0.15) is 107 Å². The zero-order valence-corrected chi connectivity index (χ0v) is 26.4. The first-order valence-corrected chi connectivity index (χ1v) is 17.9. The Morgan fingerprint density at radius 3 is 2.36 bits per heavy atom. The van der Waals surface area contributed by atoms with Crippen molar-refractivity contribution >= 4 is 9.04 Å². The number of rotatable bonds is 7. The van der Waals surface area contributed by atoms with Gasteiger partial charge >= 0.3 is 0 Å². The minimum absolute atomic E-state index is 0.0425. The van der Waals surface area contributed by atoms with Crippen LogP contribution in [-0.4, -0.2) is 19.7 Å². The van der Waals surface area contributed by atoms with Crippen LogP contribution in [0.2, 0.25) is 13.1 Å². The molecule has 0 spiro atoms. The lowest BCUT2D eigenvalue weighted by atomic mass is 9.49. The molecule has 7 atom stereocenters. The van der Waals surface area contributed by atoms with E-state index >= 15 is 0 Å². The molecule has 2 saturated carbocycles. The average molecular weight is 513 g/mol. The minimum atomic E-state index is -1.20. The predicted molar refractivity (Wildman–Crippen MR) is 156 cm³/mol. The van der Waals surface area contributed by atoms with E-state index in [0.29, 0.717) is 23.2 Å². The third-order valence-electron chi connectivity index (χ3n) is 10.9. The lowest BCUT2D eigenvalue weighted by molar-refractivity contribution is 0.0431. The van der Waals surface area contributed by atoms with E-state index in [2.05, 4.69) is 72.9 Å². The smallest absolute Gasteiger partial charge is 0.229 e. The molecule has 4 rings (SSSR count). The Labute approximate surface area is 224 Å². The number of allylic oxidation sites excluding steroid dienone is 5. The van der Waals surface area contributed by atoms with Gasteiger partial charge in [-0.1, -0.05) is 70.8 Å². The molecule has 0 unspecified atom stereocenters. The van der Waals surface area contributed by atoms with Crippen molar-refractivity contribution in [2.24, 2.45) is 45.8 Å². The average Bonchev–Trinajstić information content (AvgIpc) is 3.09. The first kappa shape index (κ1) is 28.2. The molecule has 0 aromatic carbocycles. The number of hydrogen-bond acceptors (Lipinski definition) is 2. The SMILES string of the molecule is C[C@@H](CCCC(C)(C)O)[C@H]1CC[C@H]2C3=CC=C4C[C@@H](C(C)(C)C)C=C(O[SiH](C)C)[C@]4(C)[C@H]3CC[C@]12C. The molecule has 0 aliphatic heterocycles. The fourth-order valence-corrected chi connectivity index (χ4v) is 9.54. The molecule has 204 valence electrons. The van der Waals surface area contributed by atoms with Crippen molar-refractivity contribution in [1.29, 1.82) is 0 Å². The summed E-state index contributed by atoms with van der Waals surface area (Å²) in [6.45, 7) is 23.4. The van der Waals surface area contributed by atoms with Crippen LogP contribution >= 0.6 is 0 Å². The van der Waals surface area contributed by atoms with Crippen LogP contribution in [0.25, 0.3) is 0 Å². The molecule has 0 aromatic heterocycles. The summed E-state index contributed by atoms with van der Waals surface area (Å²) in [4.78, 5) is 0. The maximum atomic E-state index is 10.2. The molecule has 0 saturated heterocycles. The molecule has 2 nitrogen and oxygen atoms in total. The molecule has 0 heterocycles. The highest BCUT2D eigenvalue weighted by molar-refractivity contribution is 6.48. The molecular formula is C33H56O2Si. The Balaban J connectivity index is 1.61. The molecule has 4 aliphatic rings. The van der Waals surface area contributed by atoms with Crippen molar-refractivity contribution in [3.63, 3.8) is 0 Å². The molecule has 0 radical (unpaired) electrons. The third-order valence-corrected chi connectivity index (χ3v) is 11.7. The van der Waals surface area contributed by atoms with E-state index in [1.807, 2.05) is 13.8 Å². The van der Waals surface area contributed by atoms with E-state index in [9.17, 15) is 5.11 Å². The van der Waals surface area contributed by atoms with E-state index in [0.717, 1.165) is 24.7 Å². The normalized spacial score (nSPS) is 37.4. The van der Waals surface area contributed by atoms with Gasteiger partial charge in [-0.05, 0) is 119 Å². The van der Waals surface area contributed by atoms with Crippen LogP contribution in [0.3, 0.4) is 0 Å². The summed E-state index contributed by atoms with van der Waals surface area (Å²) in [6, 6.07) is 0.